The second-order valence-electron chi connectivity index (χ2n) is 4.52. The molecule has 2 rings (SSSR count). The van der Waals surface area contributed by atoms with Crippen molar-refractivity contribution in [2.75, 3.05) is 13.4 Å². The van der Waals surface area contributed by atoms with Gasteiger partial charge in [0.15, 0.2) is 0 Å². The summed E-state index contributed by atoms with van der Waals surface area (Å²) in [6.45, 7) is 0. The Morgan fingerprint density at radius 1 is 1.05 bits per heavy atom. The molecule has 0 fully saturated rings. The molecule has 0 radical (unpaired) electrons. The summed E-state index contributed by atoms with van der Waals surface area (Å²) >= 11 is 1.54. The number of rotatable bonds is 3. The molecule has 2 aromatic rings. The van der Waals surface area contributed by atoms with Crippen LogP contribution in [0.4, 0.5) is 13.2 Å². The Morgan fingerprint density at radius 3 is 2.18 bits per heavy atom. The van der Waals surface area contributed by atoms with Crippen molar-refractivity contribution in [3.8, 4) is 11.1 Å². The molecule has 0 spiro atoms. The van der Waals surface area contributed by atoms with Gasteiger partial charge < -0.3 is 4.74 Å². The fraction of sp³-hybridized carbons (Fsp3) is 0.188. The highest BCUT2D eigenvalue weighted by Crippen LogP contribution is 2.34. The average molecular weight is 326 g/mol. The van der Waals surface area contributed by atoms with E-state index < -0.39 is 17.7 Å². The Morgan fingerprint density at radius 2 is 1.68 bits per heavy atom. The maximum atomic E-state index is 13.0. The summed E-state index contributed by atoms with van der Waals surface area (Å²) in [4.78, 5) is 12.6. The Balaban J connectivity index is 2.55. The van der Waals surface area contributed by atoms with E-state index >= 15 is 0 Å². The highest BCUT2D eigenvalue weighted by Gasteiger charge is 2.32. The zero-order chi connectivity index (χ0) is 16.3. The van der Waals surface area contributed by atoms with E-state index in [9.17, 15) is 18.0 Å². The molecule has 0 heterocycles. The van der Waals surface area contributed by atoms with E-state index in [-0.39, 0.29) is 5.56 Å². The van der Waals surface area contributed by atoms with Crippen molar-refractivity contribution in [1.82, 2.24) is 0 Å². The zero-order valence-electron chi connectivity index (χ0n) is 11.9. The van der Waals surface area contributed by atoms with Crippen LogP contribution < -0.4 is 0 Å². The minimum Gasteiger partial charge on any atom is -0.465 e. The molecule has 0 aromatic heterocycles. The van der Waals surface area contributed by atoms with Gasteiger partial charge in [-0.25, -0.2) is 4.79 Å². The Bertz CT molecular complexity index is 679. The van der Waals surface area contributed by atoms with Crippen LogP contribution in [-0.4, -0.2) is 19.3 Å². The number of thioether (sulfide) groups is 1. The average Bonchev–Trinajstić information content (AvgIpc) is 2.53. The van der Waals surface area contributed by atoms with Gasteiger partial charge in [-0.1, -0.05) is 12.1 Å². The van der Waals surface area contributed by atoms with Crippen LogP contribution in [0.2, 0.25) is 0 Å². The van der Waals surface area contributed by atoms with Crippen molar-refractivity contribution in [3.05, 3.63) is 53.6 Å². The third-order valence-corrected chi connectivity index (χ3v) is 3.85. The van der Waals surface area contributed by atoms with Gasteiger partial charge >= 0.3 is 12.1 Å². The molecule has 2 nitrogen and oxygen atoms in total. The SMILES string of the molecule is COC(=O)c1cc(-c2ccc(SC)cc2)cc(C(F)(F)F)c1. The molecule has 0 bridgehead atoms. The van der Waals surface area contributed by atoms with Crippen molar-refractivity contribution < 1.29 is 22.7 Å². The van der Waals surface area contributed by atoms with Gasteiger partial charge in [-0.05, 0) is 47.7 Å². The summed E-state index contributed by atoms with van der Waals surface area (Å²) in [7, 11) is 1.13. The lowest BCUT2D eigenvalue weighted by Crippen LogP contribution is -2.09. The molecule has 0 saturated carbocycles. The van der Waals surface area contributed by atoms with Gasteiger partial charge in [0, 0.05) is 4.90 Å². The number of esters is 1. The van der Waals surface area contributed by atoms with Crippen molar-refractivity contribution >= 4 is 17.7 Å². The van der Waals surface area contributed by atoms with Crippen LogP contribution >= 0.6 is 11.8 Å². The van der Waals surface area contributed by atoms with Crippen molar-refractivity contribution in [2.24, 2.45) is 0 Å². The van der Waals surface area contributed by atoms with E-state index in [1.54, 1.807) is 12.1 Å². The lowest BCUT2D eigenvalue weighted by molar-refractivity contribution is -0.137. The first-order valence-electron chi connectivity index (χ1n) is 6.30. The number of ether oxygens (including phenoxy) is 1. The van der Waals surface area contributed by atoms with Crippen LogP contribution in [0.15, 0.2) is 47.4 Å². The van der Waals surface area contributed by atoms with Crippen LogP contribution in [0.25, 0.3) is 11.1 Å². The molecule has 0 amide bonds. The molecule has 6 heteroatoms. The standard InChI is InChI=1S/C16H13F3O2S/c1-21-15(20)12-7-11(8-13(9-12)16(17,18)19)10-3-5-14(22-2)6-4-10/h3-9H,1-2H3. The quantitative estimate of drug-likeness (QED) is 0.594. The first-order chi connectivity index (χ1) is 10.3. The smallest absolute Gasteiger partial charge is 0.416 e. The van der Waals surface area contributed by atoms with Gasteiger partial charge in [-0.3, -0.25) is 0 Å². The minimum absolute atomic E-state index is 0.124. The first kappa shape index (κ1) is 16.4. The molecule has 0 atom stereocenters. The molecule has 0 unspecified atom stereocenters. The lowest BCUT2D eigenvalue weighted by Gasteiger charge is -2.12. The Kier molecular flexibility index (Phi) is 4.81. The predicted octanol–water partition coefficient (Wildman–Crippen LogP) is 4.88. The van der Waals surface area contributed by atoms with E-state index in [0.29, 0.717) is 11.1 Å². The second-order valence-corrected chi connectivity index (χ2v) is 5.40. The monoisotopic (exact) mass is 326 g/mol. The van der Waals surface area contributed by atoms with Gasteiger partial charge in [0.2, 0.25) is 0 Å². The number of alkyl halides is 3. The fourth-order valence-electron chi connectivity index (χ4n) is 1.98. The second kappa shape index (κ2) is 6.44. The van der Waals surface area contributed by atoms with E-state index in [1.807, 2.05) is 18.4 Å². The fourth-order valence-corrected chi connectivity index (χ4v) is 2.39. The predicted molar refractivity (Wildman–Crippen MR) is 80.0 cm³/mol. The van der Waals surface area contributed by atoms with Crippen molar-refractivity contribution in [3.63, 3.8) is 0 Å². The maximum absolute atomic E-state index is 13.0. The van der Waals surface area contributed by atoms with Crippen molar-refractivity contribution in [1.29, 1.82) is 0 Å². The number of benzene rings is 2. The van der Waals surface area contributed by atoms with Gasteiger partial charge in [0.05, 0.1) is 18.2 Å². The molecular weight excluding hydrogens is 313 g/mol. The number of carbonyl (C=O) groups excluding carboxylic acids is 1. The molecule has 0 saturated heterocycles. The number of hydrogen-bond donors (Lipinski definition) is 0. The molecule has 0 N–H and O–H groups in total. The number of halogens is 3. The zero-order valence-corrected chi connectivity index (χ0v) is 12.7. The summed E-state index contributed by atoms with van der Waals surface area (Å²) in [5.41, 5.74) is -0.0717. The molecule has 116 valence electrons. The lowest BCUT2D eigenvalue weighted by atomic mass is 9.99. The third-order valence-electron chi connectivity index (χ3n) is 3.10. The van der Waals surface area contributed by atoms with Gasteiger partial charge in [-0.2, -0.15) is 13.2 Å². The molecular formula is C16H13F3O2S. The summed E-state index contributed by atoms with van der Waals surface area (Å²) in [5, 5.41) is 0. The highest BCUT2D eigenvalue weighted by molar-refractivity contribution is 7.98. The van der Waals surface area contributed by atoms with E-state index in [1.165, 1.54) is 17.8 Å². The summed E-state index contributed by atoms with van der Waals surface area (Å²) in [6, 6.07) is 10.3. The Labute approximate surface area is 130 Å². The highest BCUT2D eigenvalue weighted by atomic mass is 32.2. The van der Waals surface area contributed by atoms with Crippen LogP contribution in [-0.2, 0) is 10.9 Å². The molecule has 2 aromatic carbocycles. The first-order valence-corrected chi connectivity index (χ1v) is 7.52. The van der Waals surface area contributed by atoms with Crippen LogP contribution in [0, 0.1) is 0 Å². The van der Waals surface area contributed by atoms with E-state index in [0.717, 1.165) is 24.1 Å². The van der Waals surface area contributed by atoms with Crippen LogP contribution in [0.1, 0.15) is 15.9 Å². The molecule has 22 heavy (non-hydrogen) atoms. The Hall–Kier alpha value is -1.95. The largest absolute Gasteiger partial charge is 0.465 e. The number of methoxy groups -OCH3 is 1. The number of carbonyl (C=O) groups is 1. The molecule has 0 aliphatic heterocycles. The van der Waals surface area contributed by atoms with Crippen LogP contribution in [0.3, 0.4) is 0 Å². The van der Waals surface area contributed by atoms with Gasteiger partial charge in [0.1, 0.15) is 0 Å². The molecule has 0 aliphatic rings. The minimum atomic E-state index is -4.53. The van der Waals surface area contributed by atoms with E-state index in [4.69, 9.17) is 0 Å². The normalized spacial score (nSPS) is 11.3. The van der Waals surface area contributed by atoms with Gasteiger partial charge in [0.25, 0.3) is 0 Å². The maximum Gasteiger partial charge on any atom is 0.416 e. The summed E-state index contributed by atoms with van der Waals surface area (Å²) in [5.74, 6) is -0.798. The van der Waals surface area contributed by atoms with E-state index in [2.05, 4.69) is 4.74 Å². The number of hydrogen-bond acceptors (Lipinski definition) is 3. The van der Waals surface area contributed by atoms with Crippen LogP contribution in [0.5, 0.6) is 0 Å². The summed E-state index contributed by atoms with van der Waals surface area (Å²) < 4.78 is 43.5. The summed E-state index contributed by atoms with van der Waals surface area (Å²) in [6.07, 6.45) is -2.62. The molecule has 0 aliphatic carbocycles. The topological polar surface area (TPSA) is 26.3 Å². The van der Waals surface area contributed by atoms with Crippen molar-refractivity contribution in [2.45, 2.75) is 11.1 Å². The van der Waals surface area contributed by atoms with Gasteiger partial charge in [-0.15, -0.1) is 11.8 Å². The third kappa shape index (κ3) is 3.62.